The first-order valence-corrected chi connectivity index (χ1v) is 5.19. The van der Waals surface area contributed by atoms with Crippen molar-refractivity contribution in [2.24, 2.45) is 0 Å². The van der Waals surface area contributed by atoms with E-state index in [9.17, 15) is 13.9 Å². The van der Waals surface area contributed by atoms with Crippen LogP contribution in [0.4, 0.5) is 8.78 Å². The number of hydrogen-bond acceptors (Lipinski definition) is 3. The summed E-state index contributed by atoms with van der Waals surface area (Å²) in [7, 11) is 2.54. The van der Waals surface area contributed by atoms with E-state index < -0.39 is 29.6 Å². The van der Waals surface area contributed by atoms with E-state index in [0.717, 1.165) is 6.07 Å². The third-order valence-corrected chi connectivity index (χ3v) is 2.71. The van der Waals surface area contributed by atoms with Gasteiger partial charge in [-0.25, -0.2) is 8.78 Å². The zero-order chi connectivity index (χ0) is 12.3. The van der Waals surface area contributed by atoms with Gasteiger partial charge in [0, 0.05) is 14.2 Å². The summed E-state index contributed by atoms with van der Waals surface area (Å²) in [6.45, 7) is 0. The molecule has 1 aromatic rings. The number of aliphatic hydroxyl groups excluding tert-OH is 1. The molecule has 0 aromatic heterocycles. The molecular weight excluding hydrogens is 286 g/mol. The SMILES string of the molecule is COC(OC)C(O)c1c(F)ccc(Br)c1F. The highest BCUT2D eigenvalue weighted by Crippen LogP contribution is 2.29. The zero-order valence-corrected chi connectivity index (χ0v) is 10.3. The molecule has 0 bridgehead atoms. The molecule has 1 aromatic carbocycles. The van der Waals surface area contributed by atoms with E-state index in [4.69, 9.17) is 9.47 Å². The van der Waals surface area contributed by atoms with Gasteiger partial charge < -0.3 is 14.6 Å². The Labute approximate surface area is 100 Å². The Bertz CT molecular complexity index is 369. The minimum atomic E-state index is -1.53. The fourth-order valence-electron chi connectivity index (χ4n) is 1.30. The molecule has 0 aliphatic rings. The van der Waals surface area contributed by atoms with Crippen LogP contribution in [-0.2, 0) is 9.47 Å². The molecule has 1 rings (SSSR count). The number of rotatable bonds is 4. The average molecular weight is 297 g/mol. The minimum absolute atomic E-state index is 0.0638. The number of methoxy groups -OCH3 is 2. The van der Waals surface area contributed by atoms with Crippen molar-refractivity contribution in [1.82, 2.24) is 0 Å². The lowest BCUT2D eigenvalue weighted by Gasteiger charge is -2.21. The maximum absolute atomic E-state index is 13.6. The van der Waals surface area contributed by atoms with Crippen molar-refractivity contribution >= 4 is 15.9 Å². The maximum Gasteiger partial charge on any atom is 0.187 e. The van der Waals surface area contributed by atoms with Crippen LogP contribution in [0.1, 0.15) is 11.7 Å². The van der Waals surface area contributed by atoms with E-state index in [1.165, 1.54) is 20.3 Å². The summed E-state index contributed by atoms with van der Waals surface area (Å²) in [6, 6.07) is 2.27. The molecule has 0 aliphatic carbocycles. The summed E-state index contributed by atoms with van der Waals surface area (Å²) in [5, 5.41) is 9.72. The Morgan fingerprint density at radius 1 is 1.25 bits per heavy atom. The smallest absolute Gasteiger partial charge is 0.187 e. The van der Waals surface area contributed by atoms with Crippen LogP contribution in [0.25, 0.3) is 0 Å². The highest BCUT2D eigenvalue weighted by molar-refractivity contribution is 9.10. The molecular formula is C10H11BrF2O3. The molecule has 0 spiro atoms. The molecule has 1 unspecified atom stereocenters. The average Bonchev–Trinajstić information content (AvgIpc) is 2.26. The van der Waals surface area contributed by atoms with Gasteiger partial charge in [0.05, 0.1) is 10.0 Å². The van der Waals surface area contributed by atoms with E-state index in [-0.39, 0.29) is 4.47 Å². The highest BCUT2D eigenvalue weighted by Gasteiger charge is 2.27. The number of halogens is 3. The Hall–Kier alpha value is -0.560. The molecule has 0 heterocycles. The van der Waals surface area contributed by atoms with Gasteiger partial charge in [-0.2, -0.15) is 0 Å². The van der Waals surface area contributed by atoms with Crippen molar-refractivity contribution in [2.75, 3.05) is 14.2 Å². The Kier molecular flexibility index (Phi) is 4.79. The Balaban J connectivity index is 3.16. The lowest BCUT2D eigenvalue weighted by molar-refractivity contribution is -0.167. The van der Waals surface area contributed by atoms with Crippen LogP contribution in [0.2, 0.25) is 0 Å². The van der Waals surface area contributed by atoms with E-state index in [1.807, 2.05) is 0 Å². The monoisotopic (exact) mass is 296 g/mol. The molecule has 0 fully saturated rings. The van der Waals surface area contributed by atoms with E-state index >= 15 is 0 Å². The lowest BCUT2D eigenvalue weighted by Crippen LogP contribution is -2.24. The van der Waals surface area contributed by atoms with Crippen molar-refractivity contribution in [3.05, 3.63) is 33.8 Å². The van der Waals surface area contributed by atoms with Gasteiger partial charge in [-0.05, 0) is 28.1 Å². The van der Waals surface area contributed by atoms with Gasteiger partial charge in [-0.15, -0.1) is 0 Å². The molecule has 0 radical (unpaired) electrons. The fourth-order valence-corrected chi connectivity index (χ4v) is 1.65. The Morgan fingerprint density at radius 2 is 1.81 bits per heavy atom. The topological polar surface area (TPSA) is 38.7 Å². The summed E-state index contributed by atoms with van der Waals surface area (Å²) >= 11 is 2.91. The first kappa shape index (κ1) is 13.5. The Morgan fingerprint density at radius 3 is 2.31 bits per heavy atom. The highest BCUT2D eigenvalue weighted by atomic mass is 79.9. The molecule has 6 heteroatoms. The molecule has 0 aliphatic heterocycles. The second-order valence-electron chi connectivity index (χ2n) is 3.04. The molecule has 16 heavy (non-hydrogen) atoms. The van der Waals surface area contributed by atoms with Gasteiger partial charge in [0.2, 0.25) is 0 Å². The van der Waals surface area contributed by atoms with Crippen LogP contribution < -0.4 is 0 Å². The first-order chi connectivity index (χ1) is 7.52. The normalized spacial score (nSPS) is 13.2. The lowest BCUT2D eigenvalue weighted by atomic mass is 10.1. The van der Waals surface area contributed by atoms with Gasteiger partial charge in [0.15, 0.2) is 6.29 Å². The van der Waals surface area contributed by atoms with Gasteiger partial charge in [-0.1, -0.05) is 0 Å². The predicted molar refractivity (Wildman–Crippen MR) is 56.8 cm³/mol. The number of hydrogen-bond donors (Lipinski definition) is 1. The van der Waals surface area contributed by atoms with Crippen LogP contribution >= 0.6 is 15.9 Å². The van der Waals surface area contributed by atoms with Gasteiger partial charge in [-0.3, -0.25) is 0 Å². The van der Waals surface area contributed by atoms with Crippen molar-refractivity contribution < 1.29 is 23.4 Å². The van der Waals surface area contributed by atoms with Gasteiger partial charge in [0.1, 0.15) is 17.7 Å². The van der Waals surface area contributed by atoms with Gasteiger partial charge >= 0.3 is 0 Å². The van der Waals surface area contributed by atoms with Crippen LogP contribution in [0, 0.1) is 11.6 Å². The molecule has 0 amide bonds. The van der Waals surface area contributed by atoms with E-state index in [2.05, 4.69) is 15.9 Å². The van der Waals surface area contributed by atoms with E-state index in [1.54, 1.807) is 0 Å². The van der Waals surface area contributed by atoms with Crippen molar-refractivity contribution in [3.63, 3.8) is 0 Å². The zero-order valence-electron chi connectivity index (χ0n) is 8.71. The summed E-state index contributed by atoms with van der Waals surface area (Å²) in [6.07, 6.45) is -2.66. The summed E-state index contributed by atoms with van der Waals surface area (Å²) in [4.78, 5) is 0. The third kappa shape index (κ3) is 2.57. The number of benzene rings is 1. The predicted octanol–water partition coefficient (Wildman–Crippen LogP) is 2.38. The molecule has 90 valence electrons. The minimum Gasteiger partial charge on any atom is -0.383 e. The molecule has 0 saturated heterocycles. The van der Waals surface area contributed by atoms with Crippen molar-refractivity contribution in [1.29, 1.82) is 0 Å². The van der Waals surface area contributed by atoms with Crippen LogP contribution in [0.3, 0.4) is 0 Å². The third-order valence-electron chi connectivity index (χ3n) is 2.10. The van der Waals surface area contributed by atoms with Crippen molar-refractivity contribution in [2.45, 2.75) is 12.4 Å². The summed E-state index contributed by atoms with van der Waals surface area (Å²) < 4.78 is 36.5. The van der Waals surface area contributed by atoms with E-state index in [0.29, 0.717) is 0 Å². The van der Waals surface area contributed by atoms with Crippen LogP contribution in [0.5, 0.6) is 0 Å². The van der Waals surface area contributed by atoms with Crippen LogP contribution in [0.15, 0.2) is 16.6 Å². The van der Waals surface area contributed by atoms with Crippen LogP contribution in [-0.4, -0.2) is 25.6 Å². The van der Waals surface area contributed by atoms with Crippen molar-refractivity contribution in [3.8, 4) is 0 Å². The largest absolute Gasteiger partial charge is 0.383 e. The van der Waals surface area contributed by atoms with Gasteiger partial charge in [0.25, 0.3) is 0 Å². The quantitative estimate of drug-likeness (QED) is 0.685. The molecule has 3 nitrogen and oxygen atoms in total. The molecule has 1 N–H and O–H groups in total. The molecule has 1 atom stereocenters. The fraction of sp³-hybridized carbons (Fsp3) is 0.400. The standard InChI is InChI=1S/C10H11BrF2O3/c1-15-10(16-2)9(14)7-6(12)4-3-5(11)8(7)13/h3-4,9-10,14H,1-2H3. The number of ether oxygens (including phenoxy) is 2. The number of aliphatic hydroxyl groups is 1. The second kappa shape index (κ2) is 5.67. The second-order valence-corrected chi connectivity index (χ2v) is 3.90. The summed E-state index contributed by atoms with van der Waals surface area (Å²) in [5.41, 5.74) is -0.483. The summed E-state index contributed by atoms with van der Waals surface area (Å²) in [5.74, 6) is -1.72. The molecule has 0 saturated carbocycles. The maximum atomic E-state index is 13.6. The first-order valence-electron chi connectivity index (χ1n) is 4.40.